The molecular formula is C18H32N5O3+. The molecule has 26 heavy (non-hydrogen) atoms. The smallest absolute Gasteiger partial charge is 0.330 e. The van der Waals surface area contributed by atoms with E-state index in [9.17, 15) is 14.4 Å². The molecule has 8 heteroatoms. The van der Waals surface area contributed by atoms with Gasteiger partial charge in [-0.05, 0) is 32.1 Å². The molecular weight excluding hydrogens is 334 g/mol. The molecule has 0 bridgehead atoms. The van der Waals surface area contributed by atoms with Crippen LogP contribution in [-0.2, 0) is 11.3 Å². The summed E-state index contributed by atoms with van der Waals surface area (Å²) < 4.78 is 1.34. The Morgan fingerprint density at radius 3 is 2.50 bits per heavy atom. The molecule has 8 nitrogen and oxygen atoms in total. The van der Waals surface area contributed by atoms with Gasteiger partial charge in [0.1, 0.15) is 5.82 Å². The van der Waals surface area contributed by atoms with Gasteiger partial charge in [-0.15, -0.1) is 0 Å². The van der Waals surface area contributed by atoms with Gasteiger partial charge in [0.25, 0.3) is 11.5 Å². The van der Waals surface area contributed by atoms with Crippen LogP contribution in [-0.4, -0.2) is 41.6 Å². The SMILES string of the molecule is CCCCN(C(=O)C[NH+]1CCCCC1)c1c(N)n(CCC)c(=O)[nH]c1=O. The van der Waals surface area contributed by atoms with Gasteiger partial charge in [0.05, 0.1) is 13.1 Å². The summed E-state index contributed by atoms with van der Waals surface area (Å²) in [5, 5.41) is 0. The lowest BCUT2D eigenvalue weighted by atomic mass is 10.1. The van der Waals surface area contributed by atoms with Gasteiger partial charge in [0, 0.05) is 13.1 Å². The monoisotopic (exact) mass is 366 g/mol. The number of nitrogens with two attached hydrogens (primary N) is 1. The number of nitrogens with one attached hydrogen (secondary N) is 2. The van der Waals surface area contributed by atoms with Crippen molar-refractivity contribution in [3.63, 3.8) is 0 Å². The third-order valence-corrected chi connectivity index (χ3v) is 4.93. The number of anilines is 2. The minimum absolute atomic E-state index is 0.0821. The maximum Gasteiger partial charge on any atom is 0.330 e. The van der Waals surface area contributed by atoms with Gasteiger partial charge in [0.2, 0.25) is 0 Å². The molecule has 0 saturated carbocycles. The Morgan fingerprint density at radius 1 is 1.19 bits per heavy atom. The van der Waals surface area contributed by atoms with Crippen LogP contribution in [0.2, 0.25) is 0 Å². The molecule has 1 aliphatic heterocycles. The molecule has 1 aromatic rings. The topological polar surface area (TPSA) is 106 Å². The van der Waals surface area contributed by atoms with Crippen molar-refractivity contribution in [2.24, 2.45) is 0 Å². The third kappa shape index (κ3) is 4.75. The number of carbonyl (C=O) groups excluding carboxylic acids is 1. The minimum atomic E-state index is -0.585. The number of aromatic nitrogens is 2. The van der Waals surface area contributed by atoms with Crippen LogP contribution in [0.25, 0.3) is 0 Å². The van der Waals surface area contributed by atoms with Crippen LogP contribution in [0.4, 0.5) is 11.5 Å². The average molecular weight is 366 g/mol. The lowest BCUT2D eigenvalue weighted by Crippen LogP contribution is -3.14. The highest BCUT2D eigenvalue weighted by Gasteiger charge is 2.27. The van der Waals surface area contributed by atoms with Crippen LogP contribution < -0.4 is 26.8 Å². The number of rotatable bonds is 8. The molecule has 0 unspecified atom stereocenters. The zero-order valence-electron chi connectivity index (χ0n) is 16.0. The summed E-state index contributed by atoms with van der Waals surface area (Å²) in [6, 6.07) is 0. The Labute approximate surface area is 154 Å². The lowest BCUT2D eigenvalue weighted by Gasteiger charge is -2.28. The van der Waals surface area contributed by atoms with E-state index in [1.54, 1.807) is 0 Å². The Morgan fingerprint density at radius 2 is 1.88 bits per heavy atom. The standard InChI is InChI=1S/C18H31N5O3/c1-3-5-12-22(14(24)13-21-10-7-6-8-11-21)15-16(19)23(9-4-2)18(26)20-17(15)25/h3-13,19H2,1-2H3,(H,20,25,26)/p+1. The van der Waals surface area contributed by atoms with Gasteiger partial charge < -0.3 is 10.6 Å². The number of amides is 1. The van der Waals surface area contributed by atoms with Gasteiger partial charge >= 0.3 is 5.69 Å². The summed E-state index contributed by atoms with van der Waals surface area (Å²) in [5.74, 6) is -0.0204. The summed E-state index contributed by atoms with van der Waals surface area (Å²) in [6.45, 7) is 7.11. The van der Waals surface area contributed by atoms with Crippen molar-refractivity contribution in [3.8, 4) is 0 Å². The first-order valence-corrected chi connectivity index (χ1v) is 9.76. The molecule has 0 aromatic carbocycles. The Kier molecular flexibility index (Phi) is 7.44. The first-order chi connectivity index (χ1) is 12.5. The fraction of sp³-hybridized carbons (Fsp3) is 0.722. The molecule has 2 rings (SSSR count). The van der Waals surface area contributed by atoms with Crippen molar-refractivity contribution < 1.29 is 9.69 Å². The van der Waals surface area contributed by atoms with Crippen LogP contribution in [0, 0.1) is 0 Å². The second kappa shape index (κ2) is 9.56. The van der Waals surface area contributed by atoms with E-state index in [1.165, 1.54) is 20.8 Å². The number of quaternary nitrogens is 1. The lowest BCUT2D eigenvalue weighted by molar-refractivity contribution is -0.896. The Balaban J connectivity index is 2.36. The molecule has 4 N–H and O–H groups in total. The van der Waals surface area contributed by atoms with Crippen molar-refractivity contribution in [1.29, 1.82) is 0 Å². The normalized spacial score (nSPS) is 15.2. The summed E-state index contributed by atoms with van der Waals surface area (Å²) in [6.07, 6.45) is 5.84. The van der Waals surface area contributed by atoms with Crippen LogP contribution in [0.3, 0.4) is 0 Å². The molecule has 0 spiro atoms. The zero-order chi connectivity index (χ0) is 19.1. The molecule has 0 aliphatic carbocycles. The number of aromatic amines is 1. The van der Waals surface area contributed by atoms with Crippen LogP contribution in [0.15, 0.2) is 9.59 Å². The van der Waals surface area contributed by atoms with Crippen molar-refractivity contribution in [2.45, 2.75) is 58.9 Å². The highest BCUT2D eigenvalue weighted by atomic mass is 16.2. The fourth-order valence-electron chi connectivity index (χ4n) is 3.50. The largest absolute Gasteiger partial charge is 0.383 e. The molecule has 146 valence electrons. The van der Waals surface area contributed by atoms with Gasteiger partial charge in [-0.25, -0.2) is 4.79 Å². The summed E-state index contributed by atoms with van der Waals surface area (Å²) in [7, 11) is 0. The van der Waals surface area contributed by atoms with Crippen molar-refractivity contribution in [2.75, 3.05) is 36.8 Å². The van der Waals surface area contributed by atoms with E-state index in [-0.39, 0.29) is 17.4 Å². The summed E-state index contributed by atoms with van der Waals surface area (Å²) in [5.41, 5.74) is 5.16. The predicted molar refractivity (Wildman–Crippen MR) is 103 cm³/mol. The quantitative estimate of drug-likeness (QED) is 0.589. The van der Waals surface area contributed by atoms with Gasteiger partial charge in [-0.1, -0.05) is 20.3 Å². The predicted octanol–water partition coefficient (Wildman–Crippen LogP) is -0.269. The van der Waals surface area contributed by atoms with E-state index in [0.717, 1.165) is 38.8 Å². The maximum absolute atomic E-state index is 13.0. The van der Waals surface area contributed by atoms with Gasteiger partial charge in [-0.2, -0.15) is 0 Å². The number of nitrogens with zero attached hydrogens (tertiary/aromatic N) is 2. The summed E-state index contributed by atoms with van der Waals surface area (Å²) >= 11 is 0. The molecule has 1 amide bonds. The molecule has 1 saturated heterocycles. The molecule has 1 aromatic heterocycles. The van der Waals surface area contributed by atoms with E-state index >= 15 is 0 Å². The summed E-state index contributed by atoms with van der Waals surface area (Å²) in [4.78, 5) is 42.6. The van der Waals surface area contributed by atoms with E-state index < -0.39 is 11.2 Å². The molecule has 1 aliphatic rings. The van der Waals surface area contributed by atoms with Crippen molar-refractivity contribution in [3.05, 3.63) is 20.8 Å². The van der Waals surface area contributed by atoms with Crippen LogP contribution in [0.5, 0.6) is 0 Å². The van der Waals surface area contributed by atoms with Crippen molar-refractivity contribution >= 4 is 17.4 Å². The Bertz CT molecular complexity index is 719. The second-order valence-corrected chi connectivity index (χ2v) is 7.03. The van der Waals surface area contributed by atoms with Gasteiger partial charge in [-0.3, -0.25) is 24.0 Å². The molecule has 2 heterocycles. The van der Waals surface area contributed by atoms with Crippen LogP contribution in [0.1, 0.15) is 52.4 Å². The number of H-pyrrole nitrogens is 1. The number of nitrogen functional groups attached to an aromatic ring is 1. The number of hydrogen-bond donors (Lipinski definition) is 3. The number of hydrogen-bond acceptors (Lipinski definition) is 4. The van der Waals surface area contributed by atoms with Crippen LogP contribution >= 0.6 is 0 Å². The zero-order valence-corrected chi connectivity index (χ0v) is 16.0. The Hall–Kier alpha value is -2.09. The van der Waals surface area contributed by atoms with Crippen molar-refractivity contribution in [1.82, 2.24) is 9.55 Å². The third-order valence-electron chi connectivity index (χ3n) is 4.93. The van der Waals surface area contributed by atoms with E-state index in [2.05, 4.69) is 4.98 Å². The molecule has 0 radical (unpaired) electrons. The van der Waals surface area contributed by atoms with E-state index in [4.69, 9.17) is 5.73 Å². The number of likely N-dealkylation sites (tertiary alicyclic amines) is 1. The first kappa shape index (κ1) is 20.2. The molecule has 1 fully saturated rings. The number of unbranched alkanes of at least 4 members (excludes halogenated alkanes) is 1. The number of piperidine rings is 1. The maximum atomic E-state index is 13.0. The van der Waals surface area contributed by atoms with Gasteiger partial charge in [0.15, 0.2) is 12.2 Å². The highest BCUT2D eigenvalue weighted by Crippen LogP contribution is 2.17. The fourth-order valence-corrected chi connectivity index (χ4v) is 3.50. The first-order valence-electron chi connectivity index (χ1n) is 9.76. The highest BCUT2D eigenvalue weighted by molar-refractivity contribution is 5.96. The second-order valence-electron chi connectivity index (χ2n) is 7.03. The van der Waals surface area contributed by atoms with E-state index in [0.29, 0.717) is 26.1 Å². The minimum Gasteiger partial charge on any atom is -0.383 e. The average Bonchev–Trinajstić information content (AvgIpc) is 2.62. The number of carbonyl (C=O) groups is 1. The van der Waals surface area contributed by atoms with E-state index in [1.807, 2.05) is 13.8 Å². The molecule has 0 atom stereocenters.